The molecule has 238 valence electrons. The summed E-state index contributed by atoms with van der Waals surface area (Å²) in [4.78, 5) is 14.1. The predicted molar refractivity (Wildman–Crippen MR) is 205 cm³/mol. The summed E-state index contributed by atoms with van der Waals surface area (Å²) in [6, 6.07) is 7.27. The number of benzene rings is 7. The van der Waals surface area contributed by atoms with E-state index in [9.17, 15) is 4.11 Å². The van der Waals surface area contributed by atoms with E-state index in [-0.39, 0.29) is 16.7 Å². The van der Waals surface area contributed by atoms with Crippen LogP contribution in [0.15, 0.2) is 166 Å². The molecule has 0 unspecified atom stereocenters. The molecule has 0 spiro atoms. The molecule has 0 bridgehead atoms. The molecule has 0 saturated heterocycles. The molecule has 11 aromatic rings. The van der Waals surface area contributed by atoms with Gasteiger partial charge in [-0.3, -0.25) is 4.57 Å². The van der Waals surface area contributed by atoms with Crippen LogP contribution in [-0.4, -0.2) is 19.5 Å². The average Bonchev–Trinajstić information content (AvgIpc) is 4.00. The van der Waals surface area contributed by atoms with Crippen molar-refractivity contribution in [3.8, 4) is 39.9 Å². The fourth-order valence-corrected chi connectivity index (χ4v) is 6.57. The first-order valence-corrected chi connectivity index (χ1v) is 15.6. The SMILES string of the molecule is [2H]c1c([2H])c([2H])c(-c2nc(-c3c([2H])c([2H])c4c(oc5c([2H])c([2H])c([2H])c(-c6c([2H])c([2H])c([2H])c([2H])c6[2H])c54)c3[2H])nc(-n3c4ccccc4c4cc5oc6ccccc6c5cc43)n2)c([2H])c1[2H]. The van der Waals surface area contributed by atoms with E-state index in [2.05, 4.69) is 4.98 Å². The summed E-state index contributed by atoms with van der Waals surface area (Å²) in [5, 5.41) is 2.35. The Hall–Kier alpha value is -7.05. The van der Waals surface area contributed by atoms with E-state index in [1.54, 1.807) is 16.7 Å². The van der Waals surface area contributed by atoms with Crippen molar-refractivity contribution >= 4 is 65.7 Å². The van der Waals surface area contributed by atoms with Gasteiger partial charge in [0.2, 0.25) is 5.95 Å². The second-order valence-corrected chi connectivity index (χ2v) is 11.6. The quantitative estimate of drug-likeness (QED) is 0.186. The lowest BCUT2D eigenvalue weighted by Crippen LogP contribution is -2.06. The Morgan fingerprint density at radius 1 is 0.471 bits per heavy atom. The monoisotopic (exact) mass is 670 g/mol. The molecule has 7 aromatic carbocycles. The number of rotatable bonds is 4. The van der Waals surface area contributed by atoms with E-state index >= 15 is 0 Å². The summed E-state index contributed by atoms with van der Waals surface area (Å²) in [6.45, 7) is 0. The predicted octanol–water partition coefficient (Wildman–Crippen LogP) is 11.8. The van der Waals surface area contributed by atoms with E-state index in [0.29, 0.717) is 27.6 Å². The first-order valence-electron chi connectivity index (χ1n) is 23.6. The van der Waals surface area contributed by atoms with Crippen molar-refractivity contribution in [3.05, 3.63) is 157 Å². The maximum absolute atomic E-state index is 9.61. The third-order valence-electron chi connectivity index (χ3n) is 8.76. The van der Waals surface area contributed by atoms with E-state index in [0.717, 1.165) is 16.2 Å². The third-order valence-corrected chi connectivity index (χ3v) is 8.76. The van der Waals surface area contributed by atoms with Gasteiger partial charge in [-0.2, -0.15) is 9.97 Å². The number of aromatic nitrogens is 4. The number of hydrogen-bond donors (Lipinski definition) is 0. The minimum atomic E-state index is -0.750. The van der Waals surface area contributed by atoms with Crippen molar-refractivity contribution in [2.45, 2.75) is 0 Å². The van der Waals surface area contributed by atoms with Gasteiger partial charge >= 0.3 is 0 Å². The van der Waals surface area contributed by atoms with Gasteiger partial charge in [0.05, 0.1) is 33.0 Å². The molecular formula is C45H26N4O2. The van der Waals surface area contributed by atoms with Crippen LogP contribution in [0.5, 0.6) is 0 Å². The van der Waals surface area contributed by atoms with Gasteiger partial charge in [-0.05, 0) is 53.5 Å². The van der Waals surface area contributed by atoms with E-state index in [4.69, 9.17) is 36.6 Å². The van der Waals surface area contributed by atoms with Crippen LogP contribution in [0.25, 0.3) is 106 Å². The molecule has 4 aromatic heterocycles. The molecule has 0 aliphatic heterocycles. The number of fused-ring (bicyclic) bond motifs is 9. The lowest BCUT2D eigenvalue weighted by atomic mass is 9.99. The highest BCUT2D eigenvalue weighted by molar-refractivity contribution is 6.17. The number of furan rings is 2. The Labute approximate surface area is 313 Å². The van der Waals surface area contributed by atoms with Crippen molar-refractivity contribution < 1.29 is 30.8 Å². The number of hydrogen-bond acceptors (Lipinski definition) is 5. The third kappa shape index (κ3) is 4.26. The minimum Gasteiger partial charge on any atom is -0.456 e. The molecule has 0 saturated carbocycles. The summed E-state index contributed by atoms with van der Waals surface area (Å²) in [7, 11) is 0. The summed E-state index contributed by atoms with van der Waals surface area (Å²) < 4.78 is 154. The molecule has 6 nitrogen and oxygen atoms in total. The summed E-state index contributed by atoms with van der Waals surface area (Å²) in [5.74, 6) is -1.07. The van der Waals surface area contributed by atoms with Crippen molar-refractivity contribution in [1.82, 2.24) is 19.5 Å². The van der Waals surface area contributed by atoms with Crippen molar-refractivity contribution in [3.63, 3.8) is 0 Å². The number of para-hydroxylation sites is 2. The Morgan fingerprint density at radius 3 is 2.04 bits per heavy atom. The fourth-order valence-electron chi connectivity index (χ4n) is 6.57. The van der Waals surface area contributed by atoms with Gasteiger partial charge in [-0.25, -0.2) is 4.98 Å². The van der Waals surface area contributed by atoms with Crippen molar-refractivity contribution in [2.24, 2.45) is 0 Å². The van der Waals surface area contributed by atoms with E-state index in [1.807, 2.05) is 48.5 Å². The zero-order chi connectivity index (χ0) is 47.4. The fraction of sp³-hybridized carbons (Fsp3) is 0. The van der Waals surface area contributed by atoms with Gasteiger partial charge in [-0.1, -0.05) is 115 Å². The first kappa shape index (κ1) is 16.6. The van der Waals surface area contributed by atoms with E-state index < -0.39 is 142 Å². The van der Waals surface area contributed by atoms with Crippen LogP contribution < -0.4 is 0 Å². The average molecular weight is 671 g/mol. The topological polar surface area (TPSA) is 69.9 Å². The summed E-state index contributed by atoms with van der Waals surface area (Å²) in [5.41, 5.74) is -0.422. The van der Waals surface area contributed by atoms with Gasteiger partial charge in [-0.15, -0.1) is 0 Å². The van der Waals surface area contributed by atoms with Crippen LogP contribution in [0.4, 0.5) is 0 Å². The zero-order valence-electron chi connectivity index (χ0n) is 41.9. The number of nitrogens with zero attached hydrogens (tertiary/aromatic N) is 4. The maximum Gasteiger partial charge on any atom is 0.238 e. The molecule has 6 heteroatoms. The lowest BCUT2D eigenvalue weighted by Gasteiger charge is -2.11. The van der Waals surface area contributed by atoms with Gasteiger partial charge in [0.25, 0.3) is 0 Å². The molecule has 51 heavy (non-hydrogen) atoms. The molecule has 0 amide bonds. The van der Waals surface area contributed by atoms with Crippen LogP contribution in [0, 0.1) is 0 Å². The van der Waals surface area contributed by atoms with Gasteiger partial charge in [0, 0.05) is 43.4 Å². The molecule has 0 fully saturated rings. The van der Waals surface area contributed by atoms with Crippen molar-refractivity contribution in [2.75, 3.05) is 0 Å². The van der Waals surface area contributed by atoms with Crippen molar-refractivity contribution in [1.29, 1.82) is 0 Å². The zero-order valence-corrected chi connectivity index (χ0v) is 25.9. The molecule has 0 radical (unpaired) electrons. The Kier molecular flexibility index (Phi) is 3.48. The highest BCUT2D eigenvalue weighted by Crippen LogP contribution is 2.40. The second kappa shape index (κ2) is 10.7. The largest absolute Gasteiger partial charge is 0.456 e. The van der Waals surface area contributed by atoms with Crippen LogP contribution >= 0.6 is 0 Å². The lowest BCUT2D eigenvalue weighted by molar-refractivity contribution is 0.669. The standard InChI is InChI=1S/C45H26N4O2/c1-3-12-27(13-4-1)30-18-11-21-39-42(30)33-23-22-29(24-40(33)51-39)44-46-43(28-14-5-2-6-15-28)47-45(48-44)49-36-19-9-7-16-31(36)34-26-41-35(25-37(34)49)32-17-8-10-20-38(32)50-41/h1-26H/i1D,2D,3D,4D,5D,6D,11D,12D,13D,14D,15D,18D,21D,22D,23D,24D. The summed E-state index contributed by atoms with van der Waals surface area (Å²) in [6.07, 6.45) is 0. The Balaban J connectivity index is 1.27. The molecule has 0 atom stereocenters. The van der Waals surface area contributed by atoms with Crippen LogP contribution in [-0.2, 0) is 0 Å². The first-order chi connectivity index (χ1) is 31.9. The summed E-state index contributed by atoms with van der Waals surface area (Å²) >= 11 is 0. The Morgan fingerprint density at radius 2 is 1.20 bits per heavy atom. The minimum absolute atomic E-state index is 0.171. The molecule has 0 aliphatic carbocycles. The van der Waals surface area contributed by atoms with Crippen LogP contribution in [0.1, 0.15) is 21.9 Å². The Bertz CT molecular complexity index is 4030. The van der Waals surface area contributed by atoms with Crippen LogP contribution in [0.3, 0.4) is 0 Å². The van der Waals surface area contributed by atoms with Gasteiger partial charge in [0.1, 0.15) is 22.3 Å². The second-order valence-electron chi connectivity index (χ2n) is 11.6. The smallest absolute Gasteiger partial charge is 0.238 e. The normalized spacial score (nSPS) is 16.3. The highest BCUT2D eigenvalue weighted by Gasteiger charge is 2.21. The molecule has 0 N–H and O–H groups in total. The van der Waals surface area contributed by atoms with Gasteiger partial charge < -0.3 is 8.83 Å². The van der Waals surface area contributed by atoms with E-state index in [1.165, 1.54) is 0 Å². The molecular weight excluding hydrogens is 629 g/mol. The maximum atomic E-state index is 9.61. The molecule has 4 heterocycles. The highest BCUT2D eigenvalue weighted by atomic mass is 16.3. The van der Waals surface area contributed by atoms with Crippen LogP contribution in [0.2, 0.25) is 0 Å². The molecule has 0 aliphatic rings. The van der Waals surface area contributed by atoms with Gasteiger partial charge in [0.15, 0.2) is 11.6 Å². The molecule has 11 rings (SSSR count).